The second kappa shape index (κ2) is 9.35. The highest BCUT2D eigenvalue weighted by atomic mass is 16.5. The maximum absolute atomic E-state index is 12.2. The van der Waals surface area contributed by atoms with E-state index in [0.717, 1.165) is 22.3 Å². The van der Waals surface area contributed by atoms with Crippen LogP contribution in [0.15, 0.2) is 72.0 Å². The third kappa shape index (κ3) is 4.59. The summed E-state index contributed by atoms with van der Waals surface area (Å²) in [4.78, 5) is 28.1. The summed E-state index contributed by atoms with van der Waals surface area (Å²) in [5, 5.41) is 14.5. The van der Waals surface area contributed by atoms with Gasteiger partial charge in [-0.25, -0.2) is 10.2 Å². The molecule has 0 spiro atoms. The van der Waals surface area contributed by atoms with Crippen molar-refractivity contribution in [2.75, 3.05) is 6.61 Å². The van der Waals surface area contributed by atoms with E-state index in [1.54, 1.807) is 36.5 Å². The molecule has 1 amide bonds. The van der Waals surface area contributed by atoms with E-state index in [2.05, 4.69) is 15.5 Å². The Morgan fingerprint density at radius 2 is 1.91 bits per heavy atom. The molecule has 2 aromatic heterocycles. The molecule has 4 rings (SSSR count). The van der Waals surface area contributed by atoms with E-state index in [4.69, 9.17) is 4.74 Å². The number of rotatable bonds is 7. The number of carbonyl (C=O) groups is 2. The zero-order chi connectivity index (χ0) is 23.4. The Labute approximate surface area is 190 Å². The Morgan fingerprint density at radius 1 is 1.12 bits per heavy atom. The van der Waals surface area contributed by atoms with Crippen molar-refractivity contribution in [3.05, 3.63) is 89.4 Å². The lowest BCUT2D eigenvalue weighted by atomic mass is 10.1. The van der Waals surface area contributed by atoms with Crippen molar-refractivity contribution in [1.82, 2.24) is 15.0 Å². The van der Waals surface area contributed by atoms with Gasteiger partial charge in [0.05, 0.1) is 17.5 Å². The fraction of sp³-hybridized carbons (Fsp3) is 0.120. The predicted molar refractivity (Wildman–Crippen MR) is 125 cm³/mol. The van der Waals surface area contributed by atoms with Gasteiger partial charge in [0.1, 0.15) is 11.3 Å². The van der Waals surface area contributed by atoms with Crippen LogP contribution in [0.2, 0.25) is 0 Å². The molecule has 0 unspecified atom stereocenters. The number of carbonyl (C=O) groups excluding carboxylic acids is 1. The molecule has 0 aliphatic heterocycles. The molecule has 0 fully saturated rings. The minimum atomic E-state index is -0.998. The highest BCUT2D eigenvalue weighted by Gasteiger charge is 2.16. The van der Waals surface area contributed by atoms with E-state index in [1.165, 1.54) is 6.21 Å². The Hall–Kier alpha value is -4.46. The topological polar surface area (TPSA) is 106 Å². The summed E-state index contributed by atoms with van der Waals surface area (Å²) in [6, 6.07) is 18.0. The van der Waals surface area contributed by atoms with E-state index < -0.39 is 11.9 Å². The molecule has 0 bridgehead atoms. The molecule has 2 aromatic carbocycles. The number of carboxylic acids is 1. The van der Waals surface area contributed by atoms with E-state index in [0.29, 0.717) is 17.0 Å². The van der Waals surface area contributed by atoms with Crippen LogP contribution in [0.4, 0.5) is 0 Å². The molecule has 4 aromatic rings. The molecule has 0 saturated carbocycles. The molecule has 2 heterocycles. The summed E-state index contributed by atoms with van der Waals surface area (Å²) in [6.07, 6.45) is 3.20. The zero-order valence-electron chi connectivity index (χ0n) is 18.1. The maximum Gasteiger partial charge on any atom is 0.337 e. The van der Waals surface area contributed by atoms with Gasteiger partial charge in [-0.15, -0.1) is 0 Å². The molecule has 0 atom stereocenters. The fourth-order valence-corrected chi connectivity index (χ4v) is 3.68. The van der Waals surface area contributed by atoms with Gasteiger partial charge < -0.3 is 14.4 Å². The van der Waals surface area contributed by atoms with Crippen molar-refractivity contribution >= 4 is 29.0 Å². The maximum atomic E-state index is 12.2. The summed E-state index contributed by atoms with van der Waals surface area (Å²) in [7, 11) is 0. The number of amides is 1. The molecule has 8 nitrogen and oxygen atoms in total. The van der Waals surface area contributed by atoms with Crippen molar-refractivity contribution in [1.29, 1.82) is 0 Å². The molecule has 166 valence electrons. The lowest BCUT2D eigenvalue weighted by Gasteiger charge is -2.12. The zero-order valence-corrected chi connectivity index (χ0v) is 18.1. The fourth-order valence-electron chi connectivity index (χ4n) is 3.68. The Kier molecular flexibility index (Phi) is 6.17. The number of hydrogen-bond donors (Lipinski definition) is 2. The van der Waals surface area contributed by atoms with Gasteiger partial charge in [-0.1, -0.05) is 30.3 Å². The largest absolute Gasteiger partial charge is 0.481 e. The highest BCUT2D eigenvalue weighted by molar-refractivity contribution is 5.92. The molecule has 0 saturated heterocycles. The average molecular weight is 442 g/mol. The van der Waals surface area contributed by atoms with Gasteiger partial charge >= 0.3 is 5.97 Å². The van der Waals surface area contributed by atoms with Gasteiger partial charge in [-0.2, -0.15) is 5.10 Å². The summed E-state index contributed by atoms with van der Waals surface area (Å²) < 4.78 is 7.47. The van der Waals surface area contributed by atoms with E-state index in [9.17, 15) is 14.7 Å². The van der Waals surface area contributed by atoms with Gasteiger partial charge in [0.15, 0.2) is 6.61 Å². The molecular formula is C25H22N4O4. The SMILES string of the molecule is Cc1cc(/C=N/NC(=O)COc2cccc3cccnc23)c(C)n1-c1ccccc1C(=O)O. The smallest absolute Gasteiger partial charge is 0.337 e. The number of nitrogens with one attached hydrogen (secondary N) is 1. The van der Waals surface area contributed by atoms with Gasteiger partial charge in [-0.3, -0.25) is 9.78 Å². The van der Waals surface area contributed by atoms with Crippen LogP contribution < -0.4 is 10.2 Å². The monoisotopic (exact) mass is 442 g/mol. The molecule has 2 N–H and O–H groups in total. The number of benzene rings is 2. The summed E-state index contributed by atoms with van der Waals surface area (Å²) in [5.74, 6) is -0.890. The number of aryl methyl sites for hydroxylation is 1. The standard InChI is InChI=1S/C25H22N4O4/c1-16-13-19(17(2)29(16)21-10-4-3-9-20(21)25(31)32)14-27-28-23(30)15-33-22-11-5-7-18-8-6-12-26-24(18)22/h3-14H,15H2,1-2H3,(H,28,30)(H,31,32)/b27-14+. The second-order valence-electron chi connectivity index (χ2n) is 7.40. The van der Waals surface area contributed by atoms with Crippen molar-refractivity contribution in [2.45, 2.75) is 13.8 Å². The van der Waals surface area contributed by atoms with Gasteiger partial charge in [0, 0.05) is 28.5 Å². The Bertz CT molecular complexity index is 1370. The number of hydrazone groups is 1. The van der Waals surface area contributed by atoms with E-state index in [1.807, 2.05) is 48.7 Å². The minimum Gasteiger partial charge on any atom is -0.481 e. The molecule has 33 heavy (non-hydrogen) atoms. The number of fused-ring (bicyclic) bond motifs is 1. The first-order valence-corrected chi connectivity index (χ1v) is 10.3. The van der Waals surface area contributed by atoms with E-state index in [-0.39, 0.29) is 12.2 Å². The first-order chi connectivity index (χ1) is 16.0. The van der Waals surface area contributed by atoms with Crippen LogP contribution in [-0.2, 0) is 4.79 Å². The van der Waals surface area contributed by atoms with Crippen LogP contribution in [0.25, 0.3) is 16.6 Å². The van der Waals surface area contributed by atoms with Crippen LogP contribution in [0, 0.1) is 13.8 Å². The van der Waals surface area contributed by atoms with Gasteiger partial charge in [-0.05, 0) is 44.2 Å². The lowest BCUT2D eigenvalue weighted by molar-refractivity contribution is -0.123. The lowest BCUT2D eigenvalue weighted by Crippen LogP contribution is -2.24. The number of aromatic carboxylic acids is 1. The van der Waals surface area contributed by atoms with Gasteiger partial charge in [0.2, 0.25) is 0 Å². The number of hydrogen-bond acceptors (Lipinski definition) is 5. The Balaban J connectivity index is 1.44. The Morgan fingerprint density at radius 3 is 2.73 bits per heavy atom. The minimum absolute atomic E-state index is 0.205. The van der Waals surface area contributed by atoms with Crippen molar-refractivity contribution < 1.29 is 19.4 Å². The number of ether oxygens (including phenoxy) is 1. The number of pyridine rings is 1. The third-order valence-electron chi connectivity index (χ3n) is 5.19. The van der Waals surface area contributed by atoms with Crippen LogP contribution in [0.3, 0.4) is 0 Å². The van der Waals surface area contributed by atoms with Gasteiger partial charge in [0.25, 0.3) is 5.91 Å². The number of carboxylic acid groups (broad SMARTS) is 1. The molecule has 8 heteroatoms. The number of aromatic nitrogens is 2. The number of nitrogens with zero attached hydrogens (tertiary/aromatic N) is 3. The first kappa shape index (κ1) is 21.8. The second-order valence-corrected chi connectivity index (χ2v) is 7.40. The molecular weight excluding hydrogens is 420 g/mol. The van der Waals surface area contributed by atoms with Crippen LogP contribution in [0.5, 0.6) is 5.75 Å². The average Bonchev–Trinajstić information content (AvgIpc) is 3.10. The van der Waals surface area contributed by atoms with E-state index >= 15 is 0 Å². The normalized spacial score (nSPS) is 11.1. The predicted octanol–water partition coefficient (Wildman–Crippen LogP) is 3.87. The van der Waals surface area contributed by atoms with Crippen molar-refractivity contribution in [3.8, 4) is 11.4 Å². The quantitative estimate of drug-likeness (QED) is 0.334. The molecule has 0 aliphatic rings. The van der Waals surface area contributed by atoms with Crippen LogP contribution in [0.1, 0.15) is 27.3 Å². The van der Waals surface area contributed by atoms with Crippen molar-refractivity contribution in [3.63, 3.8) is 0 Å². The highest BCUT2D eigenvalue weighted by Crippen LogP contribution is 2.24. The third-order valence-corrected chi connectivity index (χ3v) is 5.19. The molecule has 0 radical (unpaired) electrons. The summed E-state index contributed by atoms with van der Waals surface area (Å²) in [6.45, 7) is 3.54. The van der Waals surface area contributed by atoms with Crippen LogP contribution >= 0.6 is 0 Å². The van der Waals surface area contributed by atoms with Crippen molar-refractivity contribution in [2.24, 2.45) is 5.10 Å². The summed E-state index contributed by atoms with van der Waals surface area (Å²) in [5.41, 5.74) is 6.32. The van der Waals surface area contributed by atoms with Crippen LogP contribution in [-0.4, -0.2) is 39.4 Å². The molecule has 0 aliphatic carbocycles. The summed E-state index contributed by atoms with van der Waals surface area (Å²) >= 11 is 0. The number of para-hydroxylation sites is 2. The first-order valence-electron chi connectivity index (χ1n) is 10.3.